The number of nitrogens with one attached hydrogen (secondary N) is 1. The summed E-state index contributed by atoms with van der Waals surface area (Å²) in [5.74, 6) is 1.71. The molecule has 4 aromatic rings. The van der Waals surface area contributed by atoms with Crippen LogP contribution in [0, 0.1) is 13.8 Å². The molecule has 0 radical (unpaired) electrons. The minimum atomic E-state index is 0.147. The molecule has 0 aliphatic carbocycles. The van der Waals surface area contributed by atoms with Crippen LogP contribution in [0.2, 0.25) is 0 Å². The number of ether oxygens (including phenoxy) is 1. The summed E-state index contributed by atoms with van der Waals surface area (Å²) in [7, 11) is 1.69. The average molecular weight is 445 g/mol. The quantitative estimate of drug-likeness (QED) is 0.350. The maximum absolute atomic E-state index is 8.94. The van der Waals surface area contributed by atoms with Crippen LogP contribution in [0.3, 0.4) is 0 Å². The normalized spacial score (nSPS) is 11.0. The highest BCUT2D eigenvalue weighted by atomic mass is 16.5. The van der Waals surface area contributed by atoms with E-state index in [9.17, 15) is 0 Å². The van der Waals surface area contributed by atoms with Gasteiger partial charge >= 0.3 is 0 Å². The maximum atomic E-state index is 8.94. The number of aliphatic hydroxyl groups is 1. The Morgan fingerprint density at radius 3 is 2.61 bits per heavy atom. The Hall–Kier alpha value is -3.55. The van der Waals surface area contributed by atoms with Gasteiger partial charge < -0.3 is 19.7 Å². The van der Waals surface area contributed by atoms with E-state index in [0.29, 0.717) is 31.3 Å². The zero-order valence-corrected chi connectivity index (χ0v) is 19.1. The van der Waals surface area contributed by atoms with Gasteiger partial charge in [-0.25, -0.2) is 4.98 Å². The Morgan fingerprint density at radius 1 is 1.00 bits per heavy atom. The highest BCUT2D eigenvalue weighted by Gasteiger charge is 2.15. The van der Waals surface area contributed by atoms with Gasteiger partial charge in [-0.1, -0.05) is 35.5 Å². The lowest BCUT2D eigenvalue weighted by atomic mass is 9.94. The molecule has 0 saturated heterocycles. The van der Waals surface area contributed by atoms with Gasteiger partial charge in [-0.3, -0.25) is 0 Å². The van der Waals surface area contributed by atoms with Crippen molar-refractivity contribution in [3.8, 4) is 34.0 Å². The van der Waals surface area contributed by atoms with Gasteiger partial charge in [-0.2, -0.15) is 4.98 Å². The van der Waals surface area contributed by atoms with E-state index in [0.717, 1.165) is 33.6 Å². The van der Waals surface area contributed by atoms with Gasteiger partial charge in [0.2, 0.25) is 5.82 Å². The predicted molar refractivity (Wildman–Crippen MR) is 129 cm³/mol. The van der Waals surface area contributed by atoms with Crippen LogP contribution in [-0.2, 0) is 11.3 Å². The molecule has 0 atom stereocenters. The molecule has 33 heavy (non-hydrogen) atoms. The predicted octanol–water partition coefficient (Wildman–Crippen LogP) is 5.02. The second kappa shape index (κ2) is 10.4. The molecule has 7 nitrogen and oxygen atoms in total. The summed E-state index contributed by atoms with van der Waals surface area (Å²) < 4.78 is 11.0. The van der Waals surface area contributed by atoms with Crippen LogP contribution in [0.1, 0.15) is 23.1 Å². The van der Waals surface area contributed by atoms with Crippen molar-refractivity contribution in [2.24, 2.45) is 0 Å². The van der Waals surface area contributed by atoms with Gasteiger partial charge in [-0.15, -0.1) is 0 Å². The van der Waals surface area contributed by atoms with Crippen molar-refractivity contribution in [3.63, 3.8) is 0 Å². The number of pyridine rings is 1. The number of benzene rings is 2. The third-order valence-electron chi connectivity index (χ3n) is 5.48. The fraction of sp³-hybridized carbons (Fsp3) is 0.269. The highest BCUT2D eigenvalue weighted by Crippen LogP contribution is 2.32. The summed E-state index contributed by atoms with van der Waals surface area (Å²) in [4.78, 5) is 9.08. The summed E-state index contributed by atoms with van der Waals surface area (Å²) >= 11 is 0. The summed E-state index contributed by atoms with van der Waals surface area (Å²) in [6.45, 7) is 5.37. The van der Waals surface area contributed by atoms with E-state index in [2.05, 4.69) is 45.6 Å². The zero-order chi connectivity index (χ0) is 23.2. The first-order valence-corrected chi connectivity index (χ1v) is 10.9. The molecule has 170 valence electrons. The Kier molecular flexibility index (Phi) is 7.12. The third-order valence-corrected chi connectivity index (χ3v) is 5.48. The second-order valence-electron chi connectivity index (χ2n) is 7.94. The van der Waals surface area contributed by atoms with Crippen molar-refractivity contribution in [1.29, 1.82) is 0 Å². The van der Waals surface area contributed by atoms with Crippen molar-refractivity contribution in [1.82, 2.24) is 15.1 Å². The summed E-state index contributed by atoms with van der Waals surface area (Å²) in [5.41, 5.74) is 7.16. The monoisotopic (exact) mass is 444 g/mol. The number of hydrogen-bond donors (Lipinski definition) is 2. The van der Waals surface area contributed by atoms with Crippen molar-refractivity contribution < 1.29 is 14.4 Å². The molecule has 4 rings (SSSR count). The van der Waals surface area contributed by atoms with E-state index in [4.69, 9.17) is 14.4 Å². The summed E-state index contributed by atoms with van der Waals surface area (Å²) in [5, 5.41) is 16.3. The molecule has 0 fully saturated rings. The number of aryl methyl sites for hydroxylation is 2. The minimum absolute atomic E-state index is 0.147. The van der Waals surface area contributed by atoms with Crippen LogP contribution < -0.4 is 5.32 Å². The molecule has 0 aliphatic heterocycles. The number of aliphatic hydroxyl groups excluding tert-OH is 1. The molecular weight excluding hydrogens is 416 g/mol. The molecular formula is C26H28N4O3. The molecule has 0 aliphatic rings. The first-order valence-electron chi connectivity index (χ1n) is 10.9. The van der Waals surface area contributed by atoms with Gasteiger partial charge in [0.1, 0.15) is 5.82 Å². The molecule has 2 heterocycles. The number of anilines is 1. The molecule has 2 aromatic heterocycles. The van der Waals surface area contributed by atoms with Gasteiger partial charge in [0.25, 0.3) is 5.89 Å². The number of nitrogens with zero attached hydrogens (tertiary/aromatic N) is 3. The van der Waals surface area contributed by atoms with E-state index in [1.807, 2.05) is 37.3 Å². The van der Waals surface area contributed by atoms with Crippen LogP contribution >= 0.6 is 0 Å². The van der Waals surface area contributed by atoms with E-state index >= 15 is 0 Å². The van der Waals surface area contributed by atoms with Crippen molar-refractivity contribution in [2.75, 3.05) is 25.6 Å². The van der Waals surface area contributed by atoms with Crippen LogP contribution in [0.25, 0.3) is 34.0 Å². The molecule has 0 unspecified atom stereocenters. The van der Waals surface area contributed by atoms with E-state index in [-0.39, 0.29) is 6.61 Å². The van der Waals surface area contributed by atoms with Crippen LogP contribution in [0.4, 0.5) is 5.82 Å². The Bertz CT molecular complexity index is 1240. The highest BCUT2D eigenvalue weighted by molar-refractivity contribution is 5.74. The number of rotatable bonds is 9. The smallest absolute Gasteiger partial charge is 0.258 e. The standard InChI is InChI=1S/C26H28N4O3/c1-17-7-4-5-8-22(17)23-10-9-19(14-21(23)16-32-3)26-29-25(30-33-26)20-13-18(2)24(28-15-20)27-11-6-12-31/h4-5,7-10,13-15,31H,6,11-12,16H2,1-3H3,(H,27,28). The first kappa shape index (κ1) is 22.6. The first-order chi connectivity index (χ1) is 16.1. The lowest BCUT2D eigenvalue weighted by Crippen LogP contribution is -2.06. The average Bonchev–Trinajstić information content (AvgIpc) is 3.31. The Balaban J connectivity index is 1.61. The van der Waals surface area contributed by atoms with E-state index in [1.54, 1.807) is 13.3 Å². The third kappa shape index (κ3) is 5.10. The SMILES string of the molecule is COCc1cc(-c2nc(-c3cnc(NCCCO)c(C)c3)no2)ccc1-c1ccccc1C. The van der Waals surface area contributed by atoms with E-state index in [1.165, 1.54) is 11.1 Å². The lowest BCUT2D eigenvalue weighted by molar-refractivity contribution is 0.185. The van der Waals surface area contributed by atoms with Gasteiger partial charge in [0, 0.05) is 37.6 Å². The molecule has 0 spiro atoms. The Morgan fingerprint density at radius 2 is 1.85 bits per heavy atom. The summed E-state index contributed by atoms with van der Waals surface area (Å²) in [6, 6.07) is 16.4. The van der Waals surface area contributed by atoms with Gasteiger partial charge in [0.05, 0.1) is 6.61 Å². The van der Waals surface area contributed by atoms with Gasteiger partial charge in [-0.05, 0) is 66.3 Å². The number of aromatic nitrogens is 3. The zero-order valence-electron chi connectivity index (χ0n) is 19.1. The lowest BCUT2D eigenvalue weighted by Gasteiger charge is -2.12. The molecule has 7 heteroatoms. The fourth-order valence-electron chi connectivity index (χ4n) is 3.77. The van der Waals surface area contributed by atoms with E-state index < -0.39 is 0 Å². The van der Waals surface area contributed by atoms with Crippen molar-refractivity contribution in [2.45, 2.75) is 26.9 Å². The fourth-order valence-corrected chi connectivity index (χ4v) is 3.77. The van der Waals surface area contributed by atoms with Crippen LogP contribution in [0.5, 0.6) is 0 Å². The summed E-state index contributed by atoms with van der Waals surface area (Å²) in [6.07, 6.45) is 2.39. The second-order valence-corrected chi connectivity index (χ2v) is 7.94. The van der Waals surface area contributed by atoms with Crippen LogP contribution in [0.15, 0.2) is 59.3 Å². The number of hydrogen-bond acceptors (Lipinski definition) is 7. The minimum Gasteiger partial charge on any atom is -0.396 e. The largest absolute Gasteiger partial charge is 0.396 e. The van der Waals surface area contributed by atoms with Crippen molar-refractivity contribution >= 4 is 5.82 Å². The Labute approximate surface area is 193 Å². The molecule has 2 N–H and O–H groups in total. The maximum Gasteiger partial charge on any atom is 0.258 e. The van der Waals surface area contributed by atoms with Crippen LogP contribution in [-0.4, -0.2) is 40.5 Å². The van der Waals surface area contributed by atoms with Gasteiger partial charge in [0.15, 0.2) is 0 Å². The number of methoxy groups -OCH3 is 1. The molecule has 0 bridgehead atoms. The van der Waals surface area contributed by atoms with Crippen molar-refractivity contribution in [3.05, 3.63) is 71.4 Å². The molecule has 0 amide bonds. The molecule has 2 aromatic carbocycles. The molecule has 0 saturated carbocycles. The topological polar surface area (TPSA) is 93.3 Å².